The minimum atomic E-state index is 0.0476. The van der Waals surface area contributed by atoms with Crippen LogP contribution in [0.5, 0.6) is 0 Å². The Balaban J connectivity index is 1.42. The summed E-state index contributed by atoms with van der Waals surface area (Å²) in [6.07, 6.45) is 8.72. The number of amides is 1. The first-order chi connectivity index (χ1) is 11.8. The molecule has 3 heterocycles. The summed E-state index contributed by atoms with van der Waals surface area (Å²) in [4.78, 5) is 23.5. The Labute approximate surface area is 149 Å². The molecule has 2 aliphatic rings. The Morgan fingerprint density at radius 2 is 2.25 bits per heavy atom. The molecule has 1 atom stereocenters. The van der Waals surface area contributed by atoms with Gasteiger partial charge >= 0.3 is 0 Å². The highest BCUT2D eigenvalue weighted by Gasteiger charge is 2.21. The van der Waals surface area contributed by atoms with Crippen LogP contribution in [0.25, 0.3) is 10.2 Å². The maximum atomic E-state index is 12.1. The summed E-state index contributed by atoms with van der Waals surface area (Å²) in [5.41, 5.74) is 1.42. The number of thiophene rings is 1. The van der Waals surface area contributed by atoms with Crippen molar-refractivity contribution in [1.29, 1.82) is 0 Å². The molecule has 7 heteroatoms. The molecule has 1 aliphatic heterocycles. The predicted octanol–water partition coefficient (Wildman–Crippen LogP) is 2.96. The number of carbonyl (C=O) groups is 1. The molecule has 0 bridgehead atoms. The van der Waals surface area contributed by atoms with E-state index in [2.05, 4.69) is 15.3 Å². The Morgan fingerprint density at radius 3 is 3.12 bits per heavy atom. The van der Waals surface area contributed by atoms with Crippen molar-refractivity contribution in [3.63, 3.8) is 0 Å². The Hall–Kier alpha value is -1.18. The Bertz CT molecular complexity index is 741. The number of fused-ring (bicyclic) bond motifs is 3. The van der Waals surface area contributed by atoms with Crippen LogP contribution in [0.1, 0.15) is 36.1 Å². The van der Waals surface area contributed by atoms with Crippen molar-refractivity contribution in [2.45, 2.75) is 49.7 Å². The quantitative estimate of drug-likeness (QED) is 0.654. The Morgan fingerprint density at radius 1 is 1.33 bits per heavy atom. The summed E-state index contributed by atoms with van der Waals surface area (Å²) in [5.74, 6) is 0.440. The fourth-order valence-electron chi connectivity index (χ4n) is 3.39. The standard InChI is InChI=1S/C17H21N3O2S2/c21-14(18-8-11-4-3-7-22-11)9-23-16-15-12-5-1-2-6-13(12)24-17(15)20-10-19-16/h10-11H,1-9H2,(H,18,21)/t11-/m0/s1. The molecule has 0 radical (unpaired) electrons. The average molecular weight is 364 g/mol. The molecule has 0 spiro atoms. The van der Waals surface area contributed by atoms with Crippen LogP contribution in [0.15, 0.2) is 11.4 Å². The van der Waals surface area contributed by atoms with Gasteiger partial charge in [-0.2, -0.15) is 0 Å². The van der Waals surface area contributed by atoms with Crippen molar-refractivity contribution in [1.82, 2.24) is 15.3 Å². The van der Waals surface area contributed by atoms with E-state index in [4.69, 9.17) is 4.74 Å². The molecule has 1 aliphatic carbocycles. The van der Waals surface area contributed by atoms with E-state index in [1.165, 1.54) is 40.4 Å². The van der Waals surface area contributed by atoms with E-state index in [1.807, 2.05) is 0 Å². The van der Waals surface area contributed by atoms with Crippen molar-refractivity contribution >= 4 is 39.2 Å². The minimum absolute atomic E-state index is 0.0476. The summed E-state index contributed by atoms with van der Waals surface area (Å²) >= 11 is 3.31. The molecule has 128 valence electrons. The number of aromatic nitrogens is 2. The fourth-order valence-corrected chi connectivity index (χ4v) is 5.54. The van der Waals surface area contributed by atoms with Gasteiger partial charge < -0.3 is 10.1 Å². The van der Waals surface area contributed by atoms with Crippen LogP contribution in [0.3, 0.4) is 0 Å². The number of aryl methyl sites for hydroxylation is 2. The van der Waals surface area contributed by atoms with Crippen molar-refractivity contribution in [3.8, 4) is 0 Å². The second-order valence-corrected chi connectivity index (χ2v) is 8.35. The van der Waals surface area contributed by atoms with Crippen molar-refractivity contribution in [2.75, 3.05) is 18.9 Å². The molecule has 1 saturated heterocycles. The molecular weight excluding hydrogens is 342 g/mol. The summed E-state index contributed by atoms with van der Waals surface area (Å²) in [7, 11) is 0. The van der Waals surface area contributed by atoms with Gasteiger partial charge in [0.25, 0.3) is 0 Å². The van der Waals surface area contributed by atoms with Crippen molar-refractivity contribution in [3.05, 3.63) is 16.8 Å². The lowest BCUT2D eigenvalue weighted by Gasteiger charge is -2.12. The van der Waals surface area contributed by atoms with Gasteiger partial charge in [0.2, 0.25) is 5.91 Å². The average Bonchev–Trinajstić information content (AvgIpc) is 3.25. The van der Waals surface area contributed by atoms with Crippen molar-refractivity contribution < 1.29 is 9.53 Å². The van der Waals surface area contributed by atoms with E-state index in [9.17, 15) is 4.79 Å². The van der Waals surface area contributed by atoms with Crippen molar-refractivity contribution in [2.24, 2.45) is 0 Å². The minimum Gasteiger partial charge on any atom is -0.376 e. The number of rotatable bonds is 5. The fraction of sp³-hybridized carbons (Fsp3) is 0.588. The van der Waals surface area contributed by atoms with Gasteiger partial charge in [-0.3, -0.25) is 4.79 Å². The lowest BCUT2D eigenvalue weighted by Crippen LogP contribution is -2.32. The molecule has 24 heavy (non-hydrogen) atoms. The first-order valence-electron chi connectivity index (χ1n) is 8.57. The van der Waals surface area contributed by atoms with Gasteiger partial charge in [-0.1, -0.05) is 11.8 Å². The summed E-state index contributed by atoms with van der Waals surface area (Å²) in [6, 6.07) is 0. The lowest BCUT2D eigenvalue weighted by molar-refractivity contribution is -0.119. The van der Waals surface area contributed by atoms with Gasteiger partial charge in [-0.25, -0.2) is 9.97 Å². The van der Waals surface area contributed by atoms with E-state index >= 15 is 0 Å². The highest BCUT2D eigenvalue weighted by molar-refractivity contribution is 8.00. The number of carbonyl (C=O) groups excluding carboxylic acids is 1. The van der Waals surface area contributed by atoms with E-state index in [-0.39, 0.29) is 12.0 Å². The van der Waals surface area contributed by atoms with Gasteiger partial charge in [0, 0.05) is 23.4 Å². The van der Waals surface area contributed by atoms with Crippen LogP contribution in [0.2, 0.25) is 0 Å². The molecule has 0 aromatic carbocycles. The second-order valence-electron chi connectivity index (χ2n) is 6.30. The highest BCUT2D eigenvalue weighted by atomic mass is 32.2. The predicted molar refractivity (Wildman–Crippen MR) is 96.8 cm³/mol. The molecule has 1 N–H and O–H groups in total. The first kappa shape index (κ1) is 16.3. The second kappa shape index (κ2) is 7.37. The largest absolute Gasteiger partial charge is 0.376 e. The van der Waals surface area contributed by atoms with E-state index in [0.717, 1.165) is 42.1 Å². The lowest BCUT2D eigenvalue weighted by atomic mass is 9.97. The van der Waals surface area contributed by atoms with Crippen LogP contribution in [-0.2, 0) is 22.4 Å². The number of nitrogens with zero attached hydrogens (tertiary/aromatic N) is 2. The molecule has 2 aromatic heterocycles. The molecular formula is C17H21N3O2S2. The Kier molecular flexibility index (Phi) is 5.01. The van der Waals surface area contributed by atoms with Gasteiger partial charge in [0.05, 0.1) is 11.9 Å². The molecule has 0 unspecified atom stereocenters. The maximum absolute atomic E-state index is 12.1. The SMILES string of the molecule is O=C(CSc1ncnc2sc3c(c12)CCCC3)NC[C@@H]1CCCO1. The zero-order chi connectivity index (χ0) is 16.4. The topological polar surface area (TPSA) is 64.1 Å². The highest BCUT2D eigenvalue weighted by Crippen LogP contribution is 2.39. The van der Waals surface area contributed by atoms with Gasteiger partial charge in [-0.15, -0.1) is 11.3 Å². The normalized spacial score (nSPS) is 20.2. The van der Waals surface area contributed by atoms with Gasteiger partial charge in [0.15, 0.2) is 0 Å². The van der Waals surface area contributed by atoms with E-state index < -0.39 is 0 Å². The third-order valence-electron chi connectivity index (χ3n) is 4.61. The van der Waals surface area contributed by atoms with Crippen LogP contribution in [0.4, 0.5) is 0 Å². The number of hydrogen-bond acceptors (Lipinski definition) is 6. The van der Waals surface area contributed by atoms with Gasteiger partial charge in [-0.05, 0) is 44.1 Å². The number of thioether (sulfide) groups is 1. The molecule has 1 fully saturated rings. The van der Waals surface area contributed by atoms with Gasteiger partial charge in [0.1, 0.15) is 16.2 Å². The third-order valence-corrected chi connectivity index (χ3v) is 6.80. The number of nitrogens with one attached hydrogen (secondary N) is 1. The molecule has 4 rings (SSSR count). The zero-order valence-corrected chi connectivity index (χ0v) is 15.2. The van der Waals surface area contributed by atoms with E-state index in [0.29, 0.717) is 12.3 Å². The first-order valence-corrected chi connectivity index (χ1v) is 10.4. The monoisotopic (exact) mass is 363 g/mol. The zero-order valence-electron chi connectivity index (χ0n) is 13.5. The van der Waals surface area contributed by atoms with Crippen LogP contribution in [-0.4, -0.2) is 40.9 Å². The van der Waals surface area contributed by atoms with Crippen LogP contribution in [0, 0.1) is 0 Å². The maximum Gasteiger partial charge on any atom is 0.230 e. The summed E-state index contributed by atoms with van der Waals surface area (Å²) < 4.78 is 5.53. The van der Waals surface area contributed by atoms with E-state index in [1.54, 1.807) is 17.7 Å². The number of hydrogen-bond donors (Lipinski definition) is 1. The molecule has 0 saturated carbocycles. The summed E-state index contributed by atoms with van der Waals surface area (Å²) in [5, 5.41) is 5.11. The molecule has 2 aromatic rings. The van der Waals surface area contributed by atoms with Crippen LogP contribution < -0.4 is 5.32 Å². The van der Waals surface area contributed by atoms with Crippen LogP contribution >= 0.6 is 23.1 Å². The third kappa shape index (κ3) is 3.43. The molecule has 1 amide bonds. The summed E-state index contributed by atoms with van der Waals surface area (Å²) in [6.45, 7) is 1.43. The molecule has 5 nitrogen and oxygen atoms in total. The smallest absolute Gasteiger partial charge is 0.230 e. The number of ether oxygens (including phenoxy) is 1.